The van der Waals surface area contributed by atoms with Crippen molar-refractivity contribution in [1.29, 1.82) is 0 Å². The molecule has 0 fully saturated rings. The van der Waals surface area contributed by atoms with Crippen LogP contribution in [0.25, 0.3) is 11.5 Å². The number of anilines is 1. The summed E-state index contributed by atoms with van der Waals surface area (Å²) in [6, 6.07) is 17.7. The average Bonchev–Trinajstić information content (AvgIpc) is 3.27. The fourth-order valence-corrected chi connectivity index (χ4v) is 3.43. The second-order valence-corrected chi connectivity index (χ2v) is 7.57. The van der Waals surface area contributed by atoms with Gasteiger partial charge in [-0.1, -0.05) is 17.7 Å². The quantitative estimate of drug-likeness (QED) is 0.378. The van der Waals surface area contributed by atoms with Gasteiger partial charge in [-0.15, -0.1) is 22.0 Å². The van der Waals surface area contributed by atoms with E-state index >= 15 is 0 Å². The van der Waals surface area contributed by atoms with E-state index in [-0.39, 0.29) is 12.5 Å². The van der Waals surface area contributed by atoms with Crippen molar-refractivity contribution in [2.45, 2.75) is 11.6 Å². The predicted octanol–water partition coefficient (Wildman–Crippen LogP) is 5.34. The van der Waals surface area contributed by atoms with Crippen LogP contribution in [0.4, 0.5) is 5.69 Å². The minimum atomic E-state index is -0.237. The zero-order chi connectivity index (χ0) is 21.6. The van der Waals surface area contributed by atoms with Crippen LogP contribution in [0, 0.1) is 0 Å². The Kier molecular flexibility index (Phi) is 6.49. The van der Waals surface area contributed by atoms with Crippen LogP contribution < -0.4 is 10.1 Å². The molecule has 0 unspecified atom stereocenters. The van der Waals surface area contributed by atoms with Gasteiger partial charge < -0.3 is 14.5 Å². The normalized spacial score (nSPS) is 10.6. The summed E-state index contributed by atoms with van der Waals surface area (Å²) in [6.45, 7) is 0.0945. The summed E-state index contributed by atoms with van der Waals surface area (Å²) in [5, 5.41) is 12.2. The van der Waals surface area contributed by atoms with E-state index in [2.05, 4.69) is 20.5 Å². The highest BCUT2D eigenvalue weighted by Gasteiger charge is 2.13. The van der Waals surface area contributed by atoms with Gasteiger partial charge in [-0.05, 0) is 54.8 Å². The Bertz CT molecular complexity index is 1200. The minimum Gasteiger partial charge on any atom is -0.484 e. The van der Waals surface area contributed by atoms with E-state index in [0.29, 0.717) is 38.8 Å². The Morgan fingerprint density at radius 3 is 2.77 bits per heavy atom. The van der Waals surface area contributed by atoms with Crippen molar-refractivity contribution in [2.75, 3.05) is 11.6 Å². The van der Waals surface area contributed by atoms with E-state index in [4.69, 9.17) is 20.8 Å². The standard InChI is InChI=1S/C22H17ClN4O3S/c1-31-22-18(6-3-11-24-22)20(28)25-16-4-2-5-17(12-16)29-13-19-26-27-21(30-19)14-7-9-15(23)10-8-14/h2-12H,13H2,1H3,(H,25,28). The zero-order valence-electron chi connectivity index (χ0n) is 16.4. The maximum Gasteiger partial charge on any atom is 0.258 e. The monoisotopic (exact) mass is 452 g/mol. The van der Waals surface area contributed by atoms with Crippen LogP contribution in [0.5, 0.6) is 5.75 Å². The van der Waals surface area contributed by atoms with Gasteiger partial charge in [0.2, 0.25) is 5.89 Å². The second-order valence-electron chi connectivity index (χ2n) is 6.34. The van der Waals surface area contributed by atoms with Gasteiger partial charge in [-0.2, -0.15) is 0 Å². The van der Waals surface area contributed by atoms with Crippen LogP contribution in [-0.2, 0) is 6.61 Å². The SMILES string of the molecule is CSc1ncccc1C(=O)Nc1cccc(OCc2nnc(-c3ccc(Cl)cc3)o2)c1. The molecule has 7 nitrogen and oxygen atoms in total. The molecule has 4 aromatic rings. The van der Waals surface area contributed by atoms with Gasteiger partial charge in [0.1, 0.15) is 10.8 Å². The summed E-state index contributed by atoms with van der Waals surface area (Å²) in [6.07, 6.45) is 3.54. The number of benzene rings is 2. The lowest BCUT2D eigenvalue weighted by Crippen LogP contribution is -2.13. The van der Waals surface area contributed by atoms with Gasteiger partial charge in [0.25, 0.3) is 11.8 Å². The number of rotatable bonds is 7. The van der Waals surface area contributed by atoms with E-state index < -0.39 is 0 Å². The number of thioether (sulfide) groups is 1. The summed E-state index contributed by atoms with van der Waals surface area (Å²) in [7, 11) is 0. The van der Waals surface area contributed by atoms with Crippen LogP contribution in [0.1, 0.15) is 16.2 Å². The Balaban J connectivity index is 1.40. The second kappa shape index (κ2) is 9.63. The van der Waals surface area contributed by atoms with E-state index in [1.54, 1.807) is 66.9 Å². The van der Waals surface area contributed by atoms with Crippen molar-refractivity contribution in [3.63, 3.8) is 0 Å². The van der Waals surface area contributed by atoms with Crippen LogP contribution in [0.2, 0.25) is 5.02 Å². The van der Waals surface area contributed by atoms with Crippen molar-refractivity contribution in [1.82, 2.24) is 15.2 Å². The number of pyridine rings is 1. The van der Waals surface area contributed by atoms with Crippen molar-refractivity contribution < 1.29 is 13.9 Å². The molecule has 0 atom stereocenters. The number of hydrogen-bond acceptors (Lipinski definition) is 7. The van der Waals surface area contributed by atoms with Crippen molar-refractivity contribution >= 4 is 35.0 Å². The molecule has 0 aliphatic rings. The molecule has 0 saturated heterocycles. The van der Waals surface area contributed by atoms with Crippen LogP contribution in [-0.4, -0.2) is 27.3 Å². The molecular formula is C22H17ClN4O3S. The highest BCUT2D eigenvalue weighted by molar-refractivity contribution is 7.98. The lowest BCUT2D eigenvalue weighted by molar-refractivity contribution is 0.102. The molecule has 0 saturated carbocycles. The highest BCUT2D eigenvalue weighted by atomic mass is 35.5. The Hall–Kier alpha value is -3.36. The van der Waals surface area contributed by atoms with E-state index in [9.17, 15) is 4.79 Å². The fraction of sp³-hybridized carbons (Fsp3) is 0.0909. The first-order chi connectivity index (χ1) is 15.1. The van der Waals surface area contributed by atoms with Gasteiger partial charge in [-0.25, -0.2) is 4.98 Å². The van der Waals surface area contributed by atoms with Gasteiger partial charge in [-0.3, -0.25) is 4.79 Å². The topological polar surface area (TPSA) is 90.1 Å². The summed E-state index contributed by atoms with van der Waals surface area (Å²) in [4.78, 5) is 16.8. The summed E-state index contributed by atoms with van der Waals surface area (Å²) >= 11 is 7.32. The molecule has 0 radical (unpaired) electrons. The number of aromatic nitrogens is 3. The van der Waals surface area contributed by atoms with E-state index in [0.717, 1.165) is 5.56 Å². The van der Waals surface area contributed by atoms with Crippen LogP contribution in [0.3, 0.4) is 0 Å². The van der Waals surface area contributed by atoms with Gasteiger partial charge >= 0.3 is 0 Å². The van der Waals surface area contributed by atoms with Crippen molar-refractivity contribution in [3.05, 3.63) is 83.3 Å². The maximum atomic E-state index is 12.6. The minimum absolute atomic E-state index is 0.0945. The number of carbonyl (C=O) groups is 1. The molecule has 2 aromatic carbocycles. The zero-order valence-corrected chi connectivity index (χ0v) is 18.0. The lowest BCUT2D eigenvalue weighted by atomic mass is 10.2. The third kappa shape index (κ3) is 5.22. The van der Waals surface area contributed by atoms with Crippen LogP contribution in [0.15, 0.2) is 76.3 Å². The van der Waals surface area contributed by atoms with Gasteiger partial charge in [0.05, 0.1) is 5.56 Å². The molecule has 156 valence electrons. The average molecular weight is 453 g/mol. The summed E-state index contributed by atoms with van der Waals surface area (Å²) in [5.41, 5.74) is 1.89. The summed E-state index contributed by atoms with van der Waals surface area (Å²) < 4.78 is 11.4. The molecule has 2 heterocycles. The van der Waals surface area contributed by atoms with Crippen LogP contribution >= 0.6 is 23.4 Å². The van der Waals surface area contributed by atoms with Crippen molar-refractivity contribution in [3.8, 4) is 17.2 Å². The fourth-order valence-electron chi connectivity index (χ4n) is 2.75. The smallest absolute Gasteiger partial charge is 0.258 e. The lowest BCUT2D eigenvalue weighted by Gasteiger charge is -2.09. The molecule has 31 heavy (non-hydrogen) atoms. The number of carbonyl (C=O) groups excluding carboxylic acids is 1. The molecule has 1 N–H and O–H groups in total. The van der Waals surface area contributed by atoms with E-state index in [1.807, 2.05) is 6.26 Å². The number of halogens is 1. The number of nitrogens with one attached hydrogen (secondary N) is 1. The largest absolute Gasteiger partial charge is 0.484 e. The molecule has 9 heteroatoms. The third-order valence-corrected chi connectivity index (χ3v) is 5.19. The number of ether oxygens (including phenoxy) is 1. The molecule has 0 bridgehead atoms. The maximum absolute atomic E-state index is 12.6. The molecular weight excluding hydrogens is 436 g/mol. The number of nitrogens with zero attached hydrogens (tertiary/aromatic N) is 3. The highest BCUT2D eigenvalue weighted by Crippen LogP contribution is 2.23. The molecule has 1 amide bonds. The molecule has 0 spiro atoms. The third-order valence-electron chi connectivity index (χ3n) is 4.22. The van der Waals surface area contributed by atoms with Crippen molar-refractivity contribution in [2.24, 2.45) is 0 Å². The first kappa shape index (κ1) is 20.9. The Morgan fingerprint density at radius 1 is 1.13 bits per heavy atom. The Morgan fingerprint density at radius 2 is 1.97 bits per heavy atom. The first-order valence-corrected chi connectivity index (χ1v) is 10.8. The molecule has 0 aliphatic carbocycles. The van der Waals surface area contributed by atoms with Gasteiger partial charge in [0.15, 0.2) is 6.61 Å². The summed E-state index contributed by atoms with van der Waals surface area (Å²) in [5.74, 6) is 1.04. The van der Waals surface area contributed by atoms with Gasteiger partial charge in [0, 0.05) is 28.5 Å². The van der Waals surface area contributed by atoms with E-state index in [1.165, 1.54) is 11.8 Å². The number of hydrogen-bond donors (Lipinski definition) is 1. The number of amides is 1. The Labute approximate surface area is 187 Å². The first-order valence-electron chi connectivity index (χ1n) is 9.24. The molecule has 4 rings (SSSR count). The molecule has 0 aliphatic heterocycles. The predicted molar refractivity (Wildman–Crippen MR) is 119 cm³/mol. The molecule has 2 aromatic heterocycles.